The van der Waals surface area contributed by atoms with Crippen LogP contribution in [0, 0.1) is 0 Å². The van der Waals surface area contributed by atoms with Crippen LogP contribution in [-0.2, 0) is 20.2 Å². The Morgan fingerprint density at radius 2 is 1.62 bits per heavy atom. The van der Waals surface area contributed by atoms with E-state index >= 15 is 0 Å². The van der Waals surface area contributed by atoms with Crippen molar-refractivity contribution in [3.05, 3.63) is 23.8 Å². The highest BCUT2D eigenvalue weighted by molar-refractivity contribution is 7.50. The molecule has 0 aliphatic heterocycles. The maximum Gasteiger partial charge on any atom is 0.330 e. The molecule has 0 bridgehead atoms. The second kappa shape index (κ2) is 9.02. The Balaban J connectivity index is 2.83. The molecule has 8 heteroatoms. The second-order valence-electron chi connectivity index (χ2n) is 4.27. The second-order valence-corrected chi connectivity index (χ2v) is 5.92. The quantitative estimate of drug-likeness (QED) is 0.497. The lowest BCUT2D eigenvalue weighted by molar-refractivity contribution is 0.144. The molecule has 21 heavy (non-hydrogen) atoms. The van der Waals surface area contributed by atoms with Crippen LogP contribution in [-0.4, -0.2) is 50.4 Å². The van der Waals surface area contributed by atoms with Crippen LogP contribution in [0.25, 0.3) is 0 Å². The number of rotatable bonds is 10. The van der Waals surface area contributed by atoms with Crippen molar-refractivity contribution in [1.29, 1.82) is 0 Å². The van der Waals surface area contributed by atoms with Gasteiger partial charge in [0.2, 0.25) is 0 Å². The zero-order chi connectivity index (χ0) is 15.7. The number of ether oxygens (including phenoxy) is 4. The van der Waals surface area contributed by atoms with Crippen molar-refractivity contribution in [3.8, 4) is 11.5 Å². The SMILES string of the molecule is COCCOc1ccc(OCCOC)c(CP(=O)(O)O)c1. The zero-order valence-corrected chi connectivity index (χ0v) is 13.0. The summed E-state index contributed by atoms with van der Waals surface area (Å²) in [5.74, 6) is 0.920. The van der Waals surface area contributed by atoms with E-state index in [2.05, 4.69) is 0 Å². The molecule has 0 aliphatic carbocycles. The van der Waals surface area contributed by atoms with Crippen LogP contribution in [0.1, 0.15) is 5.56 Å². The van der Waals surface area contributed by atoms with Gasteiger partial charge in [0.25, 0.3) is 0 Å². The fourth-order valence-corrected chi connectivity index (χ4v) is 2.30. The van der Waals surface area contributed by atoms with Crippen LogP contribution >= 0.6 is 7.60 Å². The third kappa shape index (κ3) is 7.45. The van der Waals surface area contributed by atoms with Gasteiger partial charge < -0.3 is 28.7 Å². The van der Waals surface area contributed by atoms with Crippen molar-refractivity contribution in [2.75, 3.05) is 40.6 Å². The summed E-state index contributed by atoms with van der Waals surface area (Å²) < 4.78 is 31.8. The van der Waals surface area contributed by atoms with Crippen molar-refractivity contribution in [2.24, 2.45) is 0 Å². The average molecular weight is 320 g/mol. The molecule has 120 valence electrons. The van der Waals surface area contributed by atoms with Gasteiger partial charge in [-0.1, -0.05) is 0 Å². The Morgan fingerprint density at radius 3 is 2.19 bits per heavy atom. The first-order valence-electron chi connectivity index (χ1n) is 6.37. The van der Waals surface area contributed by atoms with Gasteiger partial charge in [-0.3, -0.25) is 4.57 Å². The van der Waals surface area contributed by atoms with E-state index in [0.717, 1.165) is 0 Å². The number of benzene rings is 1. The maximum atomic E-state index is 11.2. The minimum atomic E-state index is -4.20. The lowest BCUT2D eigenvalue weighted by Crippen LogP contribution is -2.07. The summed E-state index contributed by atoms with van der Waals surface area (Å²) in [7, 11) is -1.08. The molecule has 0 unspecified atom stereocenters. The monoisotopic (exact) mass is 320 g/mol. The van der Waals surface area contributed by atoms with E-state index in [4.69, 9.17) is 28.7 Å². The first kappa shape index (κ1) is 17.9. The van der Waals surface area contributed by atoms with Crippen LogP contribution in [0.5, 0.6) is 11.5 Å². The molecule has 0 atom stereocenters. The Bertz CT molecular complexity index is 472. The topological polar surface area (TPSA) is 94.5 Å². The standard InChI is InChI=1S/C13H21O7P/c1-17-5-7-19-12-3-4-13(20-8-6-18-2)11(9-12)10-21(14,15)16/h3-4,9H,5-8,10H2,1-2H3,(H2,14,15,16). The van der Waals surface area contributed by atoms with E-state index in [9.17, 15) is 4.57 Å². The summed E-state index contributed by atoms with van der Waals surface area (Å²) in [6.07, 6.45) is -0.406. The molecule has 0 aromatic heterocycles. The Morgan fingerprint density at radius 1 is 1.00 bits per heavy atom. The third-order valence-electron chi connectivity index (χ3n) is 2.51. The van der Waals surface area contributed by atoms with Gasteiger partial charge in [0, 0.05) is 19.8 Å². The number of hydrogen-bond acceptors (Lipinski definition) is 5. The van der Waals surface area contributed by atoms with Crippen molar-refractivity contribution >= 4 is 7.60 Å². The van der Waals surface area contributed by atoms with E-state index in [1.165, 1.54) is 0 Å². The molecule has 0 saturated carbocycles. The number of hydrogen-bond donors (Lipinski definition) is 2. The normalized spacial score (nSPS) is 11.4. The van der Waals surface area contributed by atoms with E-state index in [1.807, 2.05) is 0 Å². The fourth-order valence-electron chi connectivity index (χ4n) is 1.61. The third-order valence-corrected chi connectivity index (χ3v) is 3.26. The molecule has 2 N–H and O–H groups in total. The molecule has 0 heterocycles. The molecule has 0 aliphatic rings. The molecule has 0 fully saturated rings. The van der Waals surface area contributed by atoms with Crippen LogP contribution < -0.4 is 9.47 Å². The molecule has 1 rings (SSSR count). The van der Waals surface area contributed by atoms with Gasteiger partial charge in [-0.25, -0.2) is 0 Å². The summed E-state index contributed by atoms with van der Waals surface area (Å²) >= 11 is 0. The van der Waals surface area contributed by atoms with Gasteiger partial charge in [0.05, 0.1) is 19.4 Å². The lowest BCUT2D eigenvalue weighted by atomic mass is 10.2. The lowest BCUT2D eigenvalue weighted by Gasteiger charge is -2.14. The predicted molar refractivity (Wildman–Crippen MR) is 76.9 cm³/mol. The van der Waals surface area contributed by atoms with Gasteiger partial charge in [-0.2, -0.15) is 0 Å². The van der Waals surface area contributed by atoms with Crippen LogP contribution in [0.4, 0.5) is 0 Å². The molecule has 0 amide bonds. The largest absolute Gasteiger partial charge is 0.491 e. The summed E-state index contributed by atoms with van der Waals surface area (Å²) in [4.78, 5) is 18.3. The van der Waals surface area contributed by atoms with Gasteiger partial charge in [-0.05, 0) is 18.2 Å². The van der Waals surface area contributed by atoms with Crippen LogP contribution in [0.3, 0.4) is 0 Å². The van der Waals surface area contributed by atoms with Gasteiger partial charge in [0.1, 0.15) is 24.7 Å². The van der Waals surface area contributed by atoms with Crippen molar-refractivity contribution < 1.29 is 33.3 Å². The molecular formula is C13H21O7P. The highest BCUT2D eigenvalue weighted by Crippen LogP contribution is 2.42. The Kier molecular flexibility index (Phi) is 7.71. The molecule has 0 saturated heterocycles. The summed E-state index contributed by atoms with van der Waals surface area (Å²) in [6, 6.07) is 4.88. The first-order chi connectivity index (χ1) is 9.96. The van der Waals surface area contributed by atoms with E-state index < -0.39 is 13.8 Å². The highest BCUT2D eigenvalue weighted by Gasteiger charge is 2.18. The minimum Gasteiger partial charge on any atom is -0.491 e. The Labute approximate surface area is 123 Å². The molecule has 0 radical (unpaired) electrons. The maximum absolute atomic E-state index is 11.2. The molecule has 7 nitrogen and oxygen atoms in total. The Hall–Kier alpha value is -1.11. The molecule has 1 aromatic rings. The predicted octanol–water partition coefficient (Wildman–Crippen LogP) is 1.41. The summed E-state index contributed by atoms with van der Waals surface area (Å²) in [5.41, 5.74) is 0.398. The summed E-state index contributed by atoms with van der Waals surface area (Å²) in [5, 5.41) is 0. The molecule has 1 aromatic carbocycles. The minimum absolute atomic E-state index is 0.300. The highest BCUT2D eigenvalue weighted by atomic mass is 31.2. The van der Waals surface area contributed by atoms with Gasteiger partial charge >= 0.3 is 7.60 Å². The van der Waals surface area contributed by atoms with Crippen molar-refractivity contribution in [2.45, 2.75) is 6.16 Å². The van der Waals surface area contributed by atoms with Crippen molar-refractivity contribution in [1.82, 2.24) is 0 Å². The molecular weight excluding hydrogens is 299 g/mol. The van der Waals surface area contributed by atoms with E-state index in [0.29, 0.717) is 43.5 Å². The van der Waals surface area contributed by atoms with Crippen LogP contribution in [0.15, 0.2) is 18.2 Å². The van der Waals surface area contributed by atoms with E-state index in [-0.39, 0.29) is 0 Å². The smallest absolute Gasteiger partial charge is 0.330 e. The number of methoxy groups -OCH3 is 2. The van der Waals surface area contributed by atoms with Crippen LogP contribution in [0.2, 0.25) is 0 Å². The van der Waals surface area contributed by atoms with Gasteiger partial charge in [-0.15, -0.1) is 0 Å². The van der Waals surface area contributed by atoms with Crippen molar-refractivity contribution in [3.63, 3.8) is 0 Å². The van der Waals surface area contributed by atoms with Gasteiger partial charge in [0.15, 0.2) is 0 Å². The fraction of sp³-hybridized carbons (Fsp3) is 0.538. The first-order valence-corrected chi connectivity index (χ1v) is 8.17. The summed E-state index contributed by atoms with van der Waals surface area (Å²) in [6.45, 7) is 1.48. The molecule has 0 spiro atoms. The van der Waals surface area contributed by atoms with E-state index in [1.54, 1.807) is 32.4 Å². The average Bonchev–Trinajstić information content (AvgIpc) is 2.40. The zero-order valence-electron chi connectivity index (χ0n) is 12.2.